The predicted molar refractivity (Wildman–Crippen MR) is 66.3 cm³/mol. The van der Waals surface area contributed by atoms with E-state index in [0.29, 0.717) is 12.4 Å². The van der Waals surface area contributed by atoms with Gasteiger partial charge in [0.1, 0.15) is 0 Å². The van der Waals surface area contributed by atoms with Crippen molar-refractivity contribution in [3.8, 4) is 0 Å². The molecule has 1 aromatic rings. The highest BCUT2D eigenvalue weighted by atomic mass is 16.1. The minimum absolute atomic E-state index is 0.0375. The molecule has 1 fully saturated rings. The molecule has 17 heavy (non-hydrogen) atoms. The van der Waals surface area contributed by atoms with E-state index in [9.17, 15) is 4.79 Å². The first-order chi connectivity index (χ1) is 8.09. The highest BCUT2D eigenvalue weighted by Crippen LogP contribution is 2.18. The molecule has 6 heteroatoms. The van der Waals surface area contributed by atoms with Gasteiger partial charge in [-0.3, -0.25) is 10.2 Å². The highest BCUT2D eigenvalue weighted by molar-refractivity contribution is 5.80. The number of anilines is 1. The van der Waals surface area contributed by atoms with Gasteiger partial charge in [0.25, 0.3) is 5.56 Å². The van der Waals surface area contributed by atoms with Gasteiger partial charge in [-0.05, 0) is 12.8 Å². The van der Waals surface area contributed by atoms with Crippen molar-refractivity contribution in [2.45, 2.75) is 12.8 Å². The summed E-state index contributed by atoms with van der Waals surface area (Å²) in [7, 11) is 1.71. The lowest BCUT2D eigenvalue weighted by molar-refractivity contribution is 0.497. The maximum atomic E-state index is 11.9. The fourth-order valence-electron chi connectivity index (χ4n) is 2.12. The standard InChI is InChI=1S/C11H17N5O/c1-15-6-4-14-10(11(15)17)16-5-2-3-8(7-16)9(12)13/h4,6,8H,2-3,5,7H2,1H3,(H3,12,13). The molecule has 6 nitrogen and oxygen atoms in total. The summed E-state index contributed by atoms with van der Waals surface area (Å²) in [5, 5.41) is 7.48. The van der Waals surface area contributed by atoms with Crippen LogP contribution in [0.25, 0.3) is 0 Å². The van der Waals surface area contributed by atoms with Crippen molar-refractivity contribution >= 4 is 11.7 Å². The van der Waals surface area contributed by atoms with E-state index in [1.54, 1.807) is 19.4 Å². The molecule has 0 bridgehead atoms. The lowest BCUT2D eigenvalue weighted by Crippen LogP contribution is -2.43. The molecule has 1 aromatic heterocycles. The second kappa shape index (κ2) is 4.57. The number of amidine groups is 1. The second-order valence-corrected chi connectivity index (χ2v) is 4.41. The molecule has 1 saturated heterocycles. The largest absolute Gasteiger partial charge is 0.387 e. The van der Waals surface area contributed by atoms with Crippen LogP contribution in [0.5, 0.6) is 0 Å². The fraction of sp³-hybridized carbons (Fsp3) is 0.545. The van der Waals surface area contributed by atoms with Gasteiger partial charge in [-0.1, -0.05) is 0 Å². The van der Waals surface area contributed by atoms with Gasteiger partial charge in [-0.15, -0.1) is 0 Å². The van der Waals surface area contributed by atoms with Crippen LogP contribution in [0.15, 0.2) is 17.2 Å². The Kier molecular flexibility index (Phi) is 3.12. The SMILES string of the molecule is Cn1ccnc(N2CCCC(C(=N)N)C2)c1=O. The Balaban J connectivity index is 2.25. The van der Waals surface area contributed by atoms with Crippen molar-refractivity contribution in [3.63, 3.8) is 0 Å². The normalized spacial score (nSPS) is 20.3. The van der Waals surface area contributed by atoms with Crippen LogP contribution in [0, 0.1) is 11.3 Å². The predicted octanol–water partition coefficient (Wildman–Crippen LogP) is -0.0673. The Bertz CT molecular complexity index is 481. The molecule has 0 radical (unpaired) electrons. The van der Waals surface area contributed by atoms with E-state index >= 15 is 0 Å². The lowest BCUT2D eigenvalue weighted by atomic mass is 9.97. The highest BCUT2D eigenvalue weighted by Gasteiger charge is 2.24. The van der Waals surface area contributed by atoms with Crippen LogP contribution in [0.1, 0.15) is 12.8 Å². The molecule has 1 atom stereocenters. The van der Waals surface area contributed by atoms with E-state index in [0.717, 1.165) is 19.4 Å². The number of nitrogens with one attached hydrogen (secondary N) is 1. The number of rotatable bonds is 2. The van der Waals surface area contributed by atoms with E-state index < -0.39 is 0 Å². The smallest absolute Gasteiger partial charge is 0.293 e. The first-order valence-corrected chi connectivity index (χ1v) is 5.70. The summed E-state index contributed by atoms with van der Waals surface area (Å²) in [5.41, 5.74) is 5.43. The Morgan fingerprint density at radius 2 is 2.41 bits per heavy atom. The fourth-order valence-corrected chi connectivity index (χ4v) is 2.12. The van der Waals surface area contributed by atoms with Crippen LogP contribution in [0.3, 0.4) is 0 Å². The molecule has 0 spiro atoms. The van der Waals surface area contributed by atoms with Crippen molar-refractivity contribution in [1.29, 1.82) is 5.41 Å². The van der Waals surface area contributed by atoms with Crippen molar-refractivity contribution < 1.29 is 0 Å². The third-order valence-corrected chi connectivity index (χ3v) is 3.16. The molecule has 92 valence electrons. The number of nitrogens with zero attached hydrogens (tertiary/aromatic N) is 3. The quantitative estimate of drug-likeness (QED) is 0.555. The van der Waals surface area contributed by atoms with Gasteiger partial charge >= 0.3 is 0 Å². The van der Waals surface area contributed by atoms with Crippen molar-refractivity contribution in [2.75, 3.05) is 18.0 Å². The zero-order valence-corrected chi connectivity index (χ0v) is 9.89. The van der Waals surface area contributed by atoms with Gasteiger partial charge in [0.2, 0.25) is 0 Å². The van der Waals surface area contributed by atoms with Gasteiger partial charge < -0.3 is 15.2 Å². The summed E-state index contributed by atoms with van der Waals surface area (Å²) in [6.07, 6.45) is 5.11. The van der Waals surface area contributed by atoms with Crippen LogP contribution >= 0.6 is 0 Å². The van der Waals surface area contributed by atoms with Crippen molar-refractivity contribution in [3.05, 3.63) is 22.7 Å². The van der Waals surface area contributed by atoms with Crippen LogP contribution in [0.2, 0.25) is 0 Å². The Hall–Kier alpha value is -1.85. The molecule has 2 heterocycles. The molecule has 0 aromatic carbocycles. The third kappa shape index (κ3) is 2.30. The molecule has 1 unspecified atom stereocenters. The average molecular weight is 235 g/mol. The summed E-state index contributed by atoms with van der Waals surface area (Å²) < 4.78 is 1.51. The second-order valence-electron chi connectivity index (χ2n) is 4.41. The van der Waals surface area contributed by atoms with Crippen molar-refractivity contribution in [1.82, 2.24) is 9.55 Å². The van der Waals surface area contributed by atoms with Gasteiger partial charge in [-0.2, -0.15) is 0 Å². The molecule has 0 aliphatic carbocycles. The van der Waals surface area contributed by atoms with Crippen LogP contribution < -0.4 is 16.2 Å². The maximum absolute atomic E-state index is 11.9. The van der Waals surface area contributed by atoms with Crippen LogP contribution in [0.4, 0.5) is 5.82 Å². The molecule has 1 aliphatic heterocycles. The first-order valence-electron chi connectivity index (χ1n) is 5.70. The minimum Gasteiger partial charge on any atom is -0.387 e. The summed E-state index contributed by atoms with van der Waals surface area (Å²) in [6, 6.07) is 0. The Morgan fingerprint density at radius 3 is 3.12 bits per heavy atom. The van der Waals surface area contributed by atoms with E-state index in [1.165, 1.54) is 4.57 Å². The van der Waals surface area contributed by atoms with Gasteiger partial charge in [0.05, 0.1) is 5.84 Å². The Morgan fingerprint density at radius 1 is 1.65 bits per heavy atom. The molecule has 0 amide bonds. The van der Waals surface area contributed by atoms with Gasteiger partial charge in [0.15, 0.2) is 5.82 Å². The molecule has 2 rings (SSSR count). The van der Waals surface area contributed by atoms with E-state index in [4.69, 9.17) is 11.1 Å². The molecule has 3 N–H and O–H groups in total. The Labute approximate surface area is 99.6 Å². The molecular weight excluding hydrogens is 218 g/mol. The van der Waals surface area contributed by atoms with Gasteiger partial charge in [0, 0.05) is 38.4 Å². The number of hydrogen-bond acceptors (Lipinski definition) is 4. The monoisotopic (exact) mass is 235 g/mol. The molecule has 0 saturated carbocycles. The summed E-state index contributed by atoms with van der Waals surface area (Å²) >= 11 is 0. The van der Waals surface area contributed by atoms with Crippen LogP contribution in [-0.2, 0) is 7.05 Å². The minimum atomic E-state index is -0.100. The van der Waals surface area contributed by atoms with Crippen LogP contribution in [-0.4, -0.2) is 28.5 Å². The number of nitrogens with two attached hydrogens (primary N) is 1. The molecule has 1 aliphatic rings. The summed E-state index contributed by atoms with van der Waals surface area (Å²) in [4.78, 5) is 18.0. The number of piperidine rings is 1. The van der Waals surface area contributed by atoms with Gasteiger partial charge in [-0.25, -0.2) is 4.98 Å². The summed E-state index contributed by atoms with van der Waals surface area (Å²) in [6.45, 7) is 1.41. The number of hydrogen-bond donors (Lipinski definition) is 2. The average Bonchev–Trinajstić information content (AvgIpc) is 2.33. The first kappa shape index (κ1) is 11.6. The topological polar surface area (TPSA) is 88.0 Å². The number of aryl methyl sites for hydroxylation is 1. The van der Waals surface area contributed by atoms with E-state index in [-0.39, 0.29) is 17.3 Å². The maximum Gasteiger partial charge on any atom is 0.293 e. The third-order valence-electron chi connectivity index (χ3n) is 3.16. The molecular formula is C11H17N5O. The zero-order valence-electron chi connectivity index (χ0n) is 9.89. The lowest BCUT2D eigenvalue weighted by Gasteiger charge is -2.32. The summed E-state index contributed by atoms with van der Waals surface area (Å²) in [5.74, 6) is 0.693. The van der Waals surface area contributed by atoms with E-state index in [2.05, 4.69) is 4.98 Å². The zero-order chi connectivity index (χ0) is 12.4. The van der Waals surface area contributed by atoms with E-state index in [1.807, 2.05) is 4.90 Å². The number of aromatic nitrogens is 2. The van der Waals surface area contributed by atoms with Crippen molar-refractivity contribution in [2.24, 2.45) is 18.7 Å².